The largest absolute Gasteiger partial charge is 0.375 e. The molecule has 1 aromatic heterocycles. The molecule has 3 heterocycles. The second-order valence-electron chi connectivity index (χ2n) is 8.42. The molecule has 1 N–H and O–H groups in total. The van der Waals surface area contributed by atoms with E-state index in [-0.39, 0.29) is 11.3 Å². The molecular formula is C20H32N4O2. The van der Waals surface area contributed by atoms with Gasteiger partial charge in [0.15, 0.2) is 0 Å². The molecule has 0 aliphatic carbocycles. The first-order valence-corrected chi connectivity index (χ1v) is 9.67. The van der Waals surface area contributed by atoms with Crippen LogP contribution in [-0.4, -0.2) is 67.8 Å². The van der Waals surface area contributed by atoms with Crippen LogP contribution in [0.4, 0.5) is 5.69 Å². The highest BCUT2D eigenvalue weighted by Crippen LogP contribution is 2.29. The van der Waals surface area contributed by atoms with E-state index in [1.165, 1.54) is 0 Å². The fourth-order valence-corrected chi connectivity index (χ4v) is 3.85. The van der Waals surface area contributed by atoms with Gasteiger partial charge in [0.25, 0.3) is 5.91 Å². The molecule has 0 aromatic carbocycles. The van der Waals surface area contributed by atoms with Crippen molar-refractivity contribution >= 4 is 11.6 Å². The van der Waals surface area contributed by atoms with Gasteiger partial charge in [-0.25, -0.2) is 4.98 Å². The van der Waals surface area contributed by atoms with Gasteiger partial charge in [0.05, 0.1) is 24.6 Å². The van der Waals surface area contributed by atoms with Gasteiger partial charge in [0, 0.05) is 39.3 Å². The fourth-order valence-electron chi connectivity index (χ4n) is 3.85. The highest BCUT2D eigenvalue weighted by Gasteiger charge is 2.34. The van der Waals surface area contributed by atoms with Gasteiger partial charge in [-0.3, -0.25) is 9.69 Å². The Morgan fingerprint density at radius 3 is 2.54 bits per heavy atom. The Balaban J connectivity index is 1.55. The molecule has 1 amide bonds. The van der Waals surface area contributed by atoms with E-state index in [1.807, 2.05) is 12.3 Å². The summed E-state index contributed by atoms with van der Waals surface area (Å²) in [6, 6.07) is 4.44. The maximum atomic E-state index is 11.6. The number of carbonyl (C=O) groups excluding carboxylic acids is 1. The molecule has 1 aromatic rings. The smallest absolute Gasteiger partial charge is 0.269 e. The number of pyridine rings is 1. The molecule has 6 nitrogen and oxygen atoms in total. The Bertz CT molecular complexity index is 603. The van der Waals surface area contributed by atoms with Crippen LogP contribution in [0.3, 0.4) is 0 Å². The van der Waals surface area contributed by atoms with Gasteiger partial charge in [-0.1, -0.05) is 20.8 Å². The quantitative estimate of drug-likeness (QED) is 0.895. The second-order valence-corrected chi connectivity index (χ2v) is 8.42. The molecule has 2 aliphatic rings. The molecule has 0 radical (unpaired) electrons. The van der Waals surface area contributed by atoms with E-state index in [4.69, 9.17) is 4.74 Å². The van der Waals surface area contributed by atoms with Gasteiger partial charge in [-0.05, 0) is 30.4 Å². The third kappa shape index (κ3) is 4.35. The first-order valence-electron chi connectivity index (χ1n) is 9.67. The van der Waals surface area contributed by atoms with E-state index in [2.05, 4.69) is 40.9 Å². The summed E-state index contributed by atoms with van der Waals surface area (Å²) in [6.07, 6.45) is 4.45. The van der Waals surface area contributed by atoms with Crippen LogP contribution in [-0.2, 0) is 4.74 Å². The highest BCUT2D eigenvalue weighted by molar-refractivity contribution is 5.92. The summed E-state index contributed by atoms with van der Waals surface area (Å²) in [5.41, 5.74) is 1.76. The zero-order valence-corrected chi connectivity index (χ0v) is 16.5. The van der Waals surface area contributed by atoms with Gasteiger partial charge in [-0.2, -0.15) is 0 Å². The van der Waals surface area contributed by atoms with Gasteiger partial charge in [0.1, 0.15) is 5.69 Å². The van der Waals surface area contributed by atoms with Gasteiger partial charge < -0.3 is 15.0 Å². The highest BCUT2D eigenvalue weighted by atomic mass is 16.5. The van der Waals surface area contributed by atoms with Crippen LogP contribution >= 0.6 is 0 Å². The Labute approximate surface area is 156 Å². The number of amides is 1. The van der Waals surface area contributed by atoms with Crippen LogP contribution in [0.1, 0.15) is 44.1 Å². The summed E-state index contributed by atoms with van der Waals surface area (Å²) in [5.74, 6) is -0.143. The zero-order valence-electron chi connectivity index (χ0n) is 16.5. The summed E-state index contributed by atoms with van der Waals surface area (Å²) >= 11 is 0. The molecule has 0 bridgehead atoms. The number of rotatable bonds is 3. The third-order valence-electron chi connectivity index (χ3n) is 5.62. The molecule has 0 saturated carbocycles. The number of hydrogen-bond acceptors (Lipinski definition) is 5. The Morgan fingerprint density at radius 1 is 1.23 bits per heavy atom. The number of nitrogens with one attached hydrogen (secondary N) is 1. The lowest BCUT2D eigenvalue weighted by Crippen LogP contribution is -2.54. The lowest BCUT2D eigenvalue weighted by Gasteiger charge is -2.45. The van der Waals surface area contributed by atoms with E-state index in [9.17, 15) is 4.79 Å². The zero-order chi connectivity index (χ0) is 18.7. The summed E-state index contributed by atoms with van der Waals surface area (Å²) in [6.45, 7) is 11.8. The summed E-state index contributed by atoms with van der Waals surface area (Å²) in [4.78, 5) is 20.9. The monoisotopic (exact) mass is 360 g/mol. The Hall–Kier alpha value is -1.66. The lowest BCUT2D eigenvalue weighted by atomic mass is 9.87. The van der Waals surface area contributed by atoms with Gasteiger partial charge in [-0.15, -0.1) is 0 Å². The molecule has 6 heteroatoms. The Kier molecular flexibility index (Phi) is 5.82. The predicted molar refractivity (Wildman–Crippen MR) is 104 cm³/mol. The first-order chi connectivity index (χ1) is 12.4. The number of nitrogens with zero attached hydrogens (tertiary/aromatic N) is 3. The second kappa shape index (κ2) is 7.92. The molecular weight excluding hydrogens is 328 g/mol. The van der Waals surface area contributed by atoms with Crippen molar-refractivity contribution in [2.45, 2.75) is 45.8 Å². The number of morpholine rings is 1. The molecule has 144 valence electrons. The minimum absolute atomic E-state index is 0.143. The minimum Gasteiger partial charge on any atom is -0.375 e. The average molecular weight is 361 g/mol. The van der Waals surface area contributed by atoms with Crippen molar-refractivity contribution in [1.82, 2.24) is 15.2 Å². The normalized spacial score (nSPS) is 23.1. The first kappa shape index (κ1) is 19.1. The van der Waals surface area contributed by atoms with Gasteiger partial charge >= 0.3 is 0 Å². The summed E-state index contributed by atoms with van der Waals surface area (Å²) < 4.78 is 6.00. The van der Waals surface area contributed by atoms with Crippen LogP contribution in [0.5, 0.6) is 0 Å². The summed E-state index contributed by atoms with van der Waals surface area (Å²) in [7, 11) is 1.62. The van der Waals surface area contributed by atoms with Crippen molar-refractivity contribution in [3.05, 3.63) is 24.0 Å². The minimum atomic E-state index is -0.143. The van der Waals surface area contributed by atoms with Crippen LogP contribution in [0, 0.1) is 5.41 Å². The molecule has 26 heavy (non-hydrogen) atoms. The van der Waals surface area contributed by atoms with Crippen molar-refractivity contribution in [3.8, 4) is 0 Å². The number of ether oxygens (including phenoxy) is 1. The van der Waals surface area contributed by atoms with Gasteiger partial charge in [0.2, 0.25) is 0 Å². The number of carbonyl (C=O) groups is 1. The SMILES string of the molecule is CNC(=O)c1ccc(N2CCC(N3CCOC(C(C)(C)C)C3)CC2)cn1. The van der Waals surface area contributed by atoms with Crippen molar-refractivity contribution in [1.29, 1.82) is 0 Å². The molecule has 2 fully saturated rings. The van der Waals surface area contributed by atoms with Crippen molar-refractivity contribution in [3.63, 3.8) is 0 Å². The third-order valence-corrected chi connectivity index (χ3v) is 5.62. The van der Waals surface area contributed by atoms with Crippen LogP contribution in [0.15, 0.2) is 18.3 Å². The molecule has 2 saturated heterocycles. The van der Waals surface area contributed by atoms with E-state index >= 15 is 0 Å². The molecule has 3 rings (SSSR count). The van der Waals surface area contributed by atoms with E-state index in [0.717, 1.165) is 51.3 Å². The predicted octanol–water partition coefficient (Wildman–Crippen LogP) is 2.16. The van der Waals surface area contributed by atoms with Crippen LogP contribution in [0.2, 0.25) is 0 Å². The lowest BCUT2D eigenvalue weighted by molar-refractivity contribution is -0.0918. The maximum absolute atomic E-state index is 11.6. The number of piperidine rings is 1. The summed E-state index contributed by atoms with van der Waals surface area (Å²) in [5, 5.41) is 2.61. The van der Waals surface area contributed by atoms with Crippen molar-refractivity contribution in [2.24, 2.45) is 5.41 Å². The maximum Gasteiger partial charge on any atom is 0.269 e. The molecule has 1 atom stereocenters. The fraction of sp³-hybridized carbons (Fsp3) is 0.700. The van der Waals surface area contributed by atoms with Crippen LogP contribution < -0.4 is 10.2 Å². The number of hydrogen-bond donors (Lipinski definition) is 1. The Morgan fingerprint density at radius 2 is 1.96 bits per heavy atom. The molecule has 0 spiro atoms. The van der Waals surface area contributed by atoms with Crippen LogP contribution in [0.25, 0.3) is 0 Å². The van der Waals surface area contributed by atoms with E-state index < -0.39 is 0 Å². The van der Waals surface area contributed by atoms with Crippen molar-refractivity contribution in [2.75, 3.05) is 44.7 Å². The number of anilines is 1. The molecule has 2 aliphatic heterocycles. The topological polar surface area (TPSA) is 57.7 Å². The molecule has 1 unspecified atom stereocenters. The standard InChI is InChI=1S/C20H32N4O2/c1-20(2,3)18-14-24(11-12-26-18)15-7-9-23(10-8-15)16-5-6-17(22-13-16)19(25)21-4/h5-6,13,15,18H,7-12,14H2,1-4H3,(H,21,25). The number of aromatic nitrogens is 1. The van der Waals surface area contributed by atoms with E-state index in [0.29, 0.717) is 17.8 Å². The average Bonchev–Trinajstić information content (AvgIpc) is 2.67. The van der Waals surface area contributed by atoms with E-state index in [1.54, 1.807) is 13.1 Å². The van der Waals surface area contributed by atoms with Crippen molar-refractivity contribution < 1.29 is 9.53 Å².